The van der Waals surface area contributed by atoms with Gasteiger partial charge in [-0.3, -0.25) is 4.79 Å². The molecule has 0 bridgehead atoms. The predicted molar refractivity (Wildman–Crippen MR) is 74.5 cm³/mol. The fourth-order valence-electron chi connectivity index (χ4n) is 2.48. The van der Waals surface area contributed by atoms with E-state index in [0.717, 1.165) is 32.1 Å². The first-order valence-electron chi connectivity index (χ1n) is 7.04. The van der Waals surface area contributed by atoms with Gasteiger partial charge in [-0.2, -0.15) is 0 Å². The number of ether oxygens (including phenoxy) is 1. The molecule has 1 saturated heterocycles. The smallest absolute Gasteiger partial charge is 0.404 e. The average molecular weight is 317 g/mol. The SMILES string of the molecule is CNC(=O)CC1CCN(c2ccc(OC(F)(F)F)cn2)CC1. The highest BCUT2D eigenvalue weighted by molar-refractivity contribution is 5.75. The van der Waals surface area contributed by atoms with E-state index in [1.165, 1.54) is 12.1 Å². The largest absolute Gasteiger partial charge is 0.573 e. The van der Waals surface area contributed by atoms with Crippen molar-refractivity contribution in [2.24, 2.45) is 5.92 Å². The maximum Gasteiger partial charge on any atom is 0.573 e. The molecule has 5 nitrogen and oxygen atoms in total. The molecule has 0 unspecified atom stereocenters. The van der Waals surface area contributed by atoms with Gasteiger partial charge in [0.25, 0.3) is 0 Å². The van der Waals surface area contributed by atoms with Crippen molar-refractivity contribution in [1.82, 2.24) is 10.3 Å². The Bertz CT molecular complexity index is 497. The lowest BCUT2D eigenvalue weighted by Crippen LogP contribution is -2.35. The minimum absolute atomic E-state index is 0.0326. The number of hydrogen-bond donors (Lipinski definition) is 1. The summed E-state index contributed by atoms with van der Waals surface area (Å²) < 4.78 is 40.0. The maximum atomic E-state index is 12.1. The molecule has 0 aliphatic carbocycles. The fraction of sp³-hybridized carbons (Fsp3) is 0.571. The van der Waals surface area contributed by atoms with Crippen molar-refractivity contribution < 1.29 is 22.7 Å². The molecular weight excluding hydrogens is 299 g/mol. The van der Waals surface area contributed by atoms with Crippen molar-refractivity contribution in [3.05, 3.63) is 18.3 Å². The Kier molecular flexibility index (Phi) is 5.10. The van der Waals surface area contributed by atoms with Gasteiger partial charge in [-0.05, 0) is 30.9 Å². The van der Waals surface area contributed by atoms with Gasteiger partial charge >= 0.3 is 6.36 Å². The monoisotopic (exact) mass is 317 g/mol. The quantitative estimate of drug-likeness (QED) is 0.926. The second kappa shape index (κ2) is 6.85. The Labute approximate surface area is 126 Å². The minimum Gasteiger partial charge on any atom is -0.404 e. The van der Waals surface area contributed by atoms with Gasteiger partial charge in [0.2, 0.25) is 5.91 Å². The van der Waals surface area contributed by atoms with Gasteiger partial charge in [-0.1, -0.05) is 0 Å². The summed E-state index contributed by atoms with van der Waals surface area (Å²) in [6, 6.07) is 2.77. The summed E-state index contributed by atoms with van der Waals surface area (Å²) in [5.74, 6) is 0.660. The third-order valence-electron chi connectivity index (χ3n) is 3.65. The van der Waals surface area contributed by atoms with E-state index in [1.54, 1.807) is 7.05 Å². The van der Waals surface area contributed by atoms with E-state index in [4.69, 9.17) is 0 Å². The number of hydrogen-bond acceptors (Lipinski definition) is 4. The molecular formula is C14H18F3N3O2. The molecule has 22 heavy (non-hydrogen) atoms. The molecule has 0 atom stereocenters. The molecule has 0 aromatic carbocycles. The molecule has 1 N–H and O–H groups in total. The number of carbonyl (C=O) groups is 1. The summed E-state index contributed by atoms with van der Waals surface area (Å²) in [5, 5.41) is 2.61. The standard InChI is InChI=1S/C14H18F3N3O2/c1-18-13(21)8-10-4-6-20(7-5-10)12-3-2-11(9-19-12)22-14(15,16)17/h2-3,9-10H,4-8H2,1H3,(H,18,21). The molecule has 0 spiro atoms. The number of nitrogens with zero attached hydrogens (tertiary/aromatic N) is 2. The van der Waals surface area contributed by atoms with E-state index < -0.39 is 6.36 Å². The van der Waals surface area contributed by atoms with E-state index in [2.05, 4.69) is 15.0 Å². The normalized spacial score (nSPS) is 16.5. The zero-order valence-electron chi connectivity index (χ0n) is 12.2. The molecule has 1 aromatic rings. The zero-order chi connectivity index (χ0) is 16.2. The number of anilines is 1. The highest BCUT2D eigenvalue weighted by Gasteiger charge is 2.31. The molecule has 1 fully saturated rings. The van der Waals surface area contributed by atoms with Crippen molar-refractivity contribution in [3.8, 4) is 5.75 Å². The van der Waals surface area contributed by atoms with Crippen molar-refractivity contribution in [3.63, 3.8) is 0 Å². The van der Waals surface area contributed by atoms with Gasteiger partial charge in [-0.15, -0.1) is 13.2 Å². The summed E-state index contributed by atoms with van der Waals surface area (Å²) in [6.45, 7) is 1.46. The van der Waals surface area contributed by atoms with Crippen molar-refractivity contribution >= 4 is 11.7 Å². The number of alkyl halides is 3. The van der Waals surface area contributed by atoms with Gasteiger partial charge in [0.1, 0.15) is 11.6 Å². The number of carbonyl (C=O) groups excluding carboxylic acids is 1. The van der Waals surface area contributed by atoms with Gasteiger partial charge in [0.15, 0.2) is 0 Å². The molecule has 122 valence electrons. The number of aromatic nitrogens is 1. The molecule has 8 heteroatoms. The van der Waals surface area contributed by atoms with E-state index >= 15 is 0 Å². The average Bonchev–Trinajstić information content (AvgIpc) is 2.47. The third kappa shape index (κ3) is 4.78. The number of halogens is 3. The Morgan fingerprint density at radius 2 is 2.09 bits per heavy atom. The van der Waals surface area contributed by atoms with Gasteiger partial charge in [0.05, 0.1) is 6.20 Å². The summed E-state index contributed by atoms with van der Waals surface area (Å²) in [4.78, 5) is 17.3. The van der Waals surface area contributed by atoms with Crippen LogP contribution in [0.2, 0.25) is 0 Å². The van der Waals surface area contributed by atoms with Crippen LogP contribution in [0.5, 0.6) is 5.75 Å². The lowest BCUT2D eigenvalue weighted by Gasteiger charge is -2.32. The first-order chi connectivity index (χ1) is 10.4. The molecule has 0 radical (unpaired) electrons. The number of amides is 1. The van der Waals surface area contributed by atoms with Crippen molar-refractivity contribution in [2.75, 3.05) is 25.0 Å². The summed E-state index contributed by atoms with van der Waals surface area (Å²) in [6.07, 6.45) is -1.41. The van der Waals surface area contributed by atoms with Crippen LogP contribution < -0.4 is 15.0 Å². The summed E-state index contributed by atoms with van der Waals surface area (Å²) in [5.41, 5.74) is 0. The second-order valence-corrected chi connectivity index (χ2v) is 5.21. The van der Waals surface area contributed by atoms with Crippen LogP contribution in [0.4, 0.5) is 19.0 Å². The van der Waals surface area contributed by atoms with Crippen LogP contribution in [0, 0.1) is 5.92 Å². The fourth-order valence-corrected chi connectivity index (χ4v) is 2.48. The number of piperidine rings is 1. The minimum atomic E-state index is -4.71. The van der Waals surface area contributed by atoms with E-state index in [0.29, 0.717) is 18.2 Å². The molecule has 0 saturated carbocycles. The Balaban J connectivity index is 1.87. The lowest BCUT2D eigenvalue weighted by atomic mass is 9.93. The second-order valence-electron chi connectivity index (χ2n) is 5.21. The van der Waals surface area contributed by atoms with Crippen LogP contribution in [0.25, 0.3) is 0 Å². The molecule has 1 aliphatic heterocycles. The van der Waals surface area contributed by atoms with Crippen LogP contribution in [0.1, 0.15) is 19.3 Å². The maximum absolute atomic E-state index is 12.1. The predicted octanol–water partition coefficient (Wildman–Crippen LogP) is 2.33. The van der Waals surface area contributed by atoms with E-state index in [-0.39, 0.29) is 11.7 Å². The highest BCUT2D eigenvalue weighted by Crippen LogP contribution is 2.26. The lowest BCUT2D eigenvalue weighted by molar-refractivity contribution is -0.274. The Morgan fingerprint density at radius 3 is 2.59 bits per heavy atom. The van der Waals surface area contributed by atoms with Crippen LogP contribution in [-0.4, -0.2) is 37.4 Å². The number of rotatable bonds is 4. The first kappa shape index (κ1) is 16.4. The zero-order valence-corrected chi connectivity index (χ0v) is 12.2. The molecule has 2 heterocycles. The highest BCUT2D eigenvalue weighted by atomic mass is 19.4. The van der Waals surface area contributed by atoms with Crippen LogP contribution in [0.3, 0.4) is 0 Å². The molecule has 1 amide bonds. The molecule has 1 aliphatic rings. The van der Waals surface area contributed by atoms with Gasteiger partial charge in [-0.25, -0.2) is 4.98 Å². The van der Waals surface area contributed by atoms with Crippen molar-refractivity contribution in [2.45, 2.75) is 25.6 Å². The molecule has 1 aromatic heterocycles. The number of pyridine rings is 1. The first-order valence-corrected chi connectivity index (χ1v) is 7.04. The van der Waals surface area contributed by atoms with Crippen LogP contribution in [0.15, 0.2) is 18.3 Å². The molecule has 2 rings (SSSR count). The Hall–Kier alpha value is -1.99. The van der Waals surface area contributed by atoms with Gasteiger partial charge < -0.3 is 15.0 Å². The van der Waals surface area contributed by atoms with Crippen LogP contribution in [-0.2, 0) is 4.79 Å². The van der Waals surface area contributed by atoms with E-state index in [9.17, 15) is 18.0 Å². The van der Waals surface area contributed by atoms with Crippen LogP contribution >= 0.6 is 0 Å². The van der Waals surface area contributed by atoms with E-state index in [1.807, 2.05) is 4.90 Å². The summed E-state index contributed by atoms with van der Waals surface area (Å²) in [7, 11) is 1.62. The Morgan fingerprint density at radius 1 is 1.41 bits per heavy atom. The van der Waals surface area contributed by atoms with Gasteiger partial charge in [0, 0.05) is 26.6 Å². The number of nitrogens with one attached hydrogen (secondary N) is 1. The summed E-state index contributed by atoms with van der Waals surface area (Å²) >= 11 is 0. The third-order valence-corrected chi connectivity index (χ3v) is 3.65. The topological polar surface area (TPSA) is 54.5 Å². The van der Waals surface area contributed by atoms with Crippen molar-refractivity contribution in [1.29, 1.82) is 0 Å².